The van der Waals surface area contributed by atoms with E-state index in [-0.39, 0.29) is 12.3 Å². The van der Waals surface area contributed by atoms with Gasteiger partial charge in [0.1, 0.15) is 0 Å². The normalized spacial score (nSPS) is 10.5. The molecule has 2 aromatic carbocycles. The molecule has 0 unspecified atom stereocenters. The van der Waals surface area contributed by atoms with Crippen LogP contribution in [0.5, 0.6) is 0 Å². The third kappa shape index (κ3) is 4.16. The summed E-state index contributed by atoms with van der Waals surface area (Å²) in [4.78, 5) is 12.1. The first-order chi connectivity index (χ1) is 11.1. The summed E-state index contributed by atoms with van der Waals surface area (Å²) in [6, 6.07) is 15.0. The Morgan fingerprint density at radius 2 is 1.87 bits per heavy atom. The summed E-state index contributed by atoms with van der Waals surface area (Å²) in [6.45, 7) is 0. The molecule has 1 N–H and O–H groups in total. The predicted octanol–water partition coefficient (Wildman–Crippen LogP) is 4.80. The zero-order valence-corrected chi connectivity index (χ0v) is 15.0. The number of hydrogen-bond acceptors (Lipinski definition) is 4. The Labute approximate surface area is 150 Å². The van der Waals surface area contributed by atoms with Gasteiger partial charge in [0, 0.05) is 10.0 Å². The summed E-state index contributed by atoms with van der Waals surface area (Å²) in [6.07, 6.45) is 0.286. The standard InChI is InChI=1S/C16H11BrClN3OS/c17-11-7-5-10(6-8-11)9-14(22)19-16-21-20-15(23-16)12-3-1-2-4-13(12)18/h1-8H,9H2,(H,19,21,22). The van der Waals surface area contributed by atoms with Crippen molar-refractivity contribution in [3.8, 4) is 10.6 Å². The van der Waals surface area contributed by atoms with Crippen LogP contribution in [-0.4, -0.2) is 16.1 Å². The van der Waals surface area contributed by atoms with Crippen molar-refractivity contribution in [1.82, 2.24) is 10.2 Å². The summed E-state index contributed by atoms with van der Waals surface area (Å²) >= 11 is 10.8. The minimum atomic E-state index is -0.130. The minimum absolute atomic E-state index is 0.130. The number of hydrogen-bond donors (Lipinski definition) is 1. The molecule has 1 amide bonds. The van der Waals surface area contributed by atoms with Gasteiger partial charge in [0.15, 0.2) is 5.01 Å². The molecule has 0 saturated heterocycles. The summed E-state index contributed by atoms with van der Waals surface area (Å²) in [5, 5.41) is 12.6. The van der Waals surface area contributed by atoms with E-state index in [1.54, 1.807) is 6.07 Å². The number of nitrogens with zero attached hydrogens (tertiary/aromatic N) is 2. The highest BCUT2D eigenvalue weighted by molar-refractivity contribution is 9.10. The molecule has 0 radical (unpaired) electrons. The maximum Gasteiger partial charge on any atom is 0.230 e. The van der Waals surface area contributed by atoms with Crippen molar-refractivity contribution in [2.75, 3.05) is 5.32 Å². The Morgan fingerprint density at radius 3 is 2.61 bits per heavy atom. The molecule has 3 rings (SSSR count). The Hall–Kier alpha value is -1.76. The van der Waals surface area contributed by atoms with Gasteiger partial charge in [-0.3, -0.25) is 4.79 Å². The van der Waals surface area contributed by atoms with E-state index in [1.807, 2.05) is 42.5 Å². The van der Waals surface area contributed by atoms with Crippen molar-refractivity contribution in [2.45, 2.75) is 6.42 Å². The van der Waals surface area contributed by atoms with Crippen molar-refractivity contribution in [3.05, 3.63) is 63.6 Å². The zero-order valence-electron chi connectivity index (χ0n) is 11.8. The fourth-order valence-electron chi connectivity index (χ4n) is 1.97. The van der Waals surface area contributed by atoms with Gasteiger partial charge in [-0.2, -0.15) is 0 Å². The molecule has 0 spiro atoms. The first-order valence-corrected chi connectivity index (χ1v) is 8.73. The van der Waals surface area contributed by atoms with E-state index < -0.39 is 0 Å². The van der Waals surface area contributed by atoms with Crippen molar-refractivity contribution < 1.29 is 4.79 Å². The maximum atomic E-state index is 12.1. The van der Waals surface area contributed by atoms with Gasteiger partial charge in [-0.25, -0.2) is 0 Å². The lowest BCUT2D eigenvalue weighted by Gasteiger charge is -2.01. The van der Waals surface area contributed by atoms with Crippen molar-refractivity contribution in [2.24, 2.45) is 0 Å². The zero-order chi connectivity index (χ0) is 16.2. The lowest BCUT2D eigenvalue weighted by Crippen LogP contribution is -2.14. The fraction of sp³-hybridized carbons (Fsp3) is 0.0625. The van der Waals surface area contributed by atoms with Crippen LogP contribution >= 0.6 is 38.9 Å². The van der Waals surface area contributed by atoms with Gasteiger partial charge in [-0.1, -0.05) is 69.2 Å². The molecule has 0 aliphatic carbocycles. The third-order valence-corrected chi connectivity index (χ3v) is 4.78. The first kappa shape index (κ1) is 16.1. The Morgan fingerprint density at radius 1 is 1.13 bits per heavy atom. The van der Waals surface area contributed by atoms with Crippen LogP contribution in [-0.2, 0) is 11.2 Å². The predicted molar refractivity (Wildman–Crippen MR) is 96.8 cm³/mol. The van der Waals surface area contributed by atoms with Crippen LogP contribution in [0.25, 0.3) is 10.6 Å². The van der Waals surface area contributed by atoms with E-state index in [9.17, 15) is 4.79 Å². The Kier molecular flexibility index (Phi) is 5.05. The molecule has 1 aromatic heterocycles. The quantitative estimate of drug-likeness (QED) is 0.674. The SMILES string of the molecule is O=C(Cc1ccc(Br)cc1)Nc1nnc(-c2ccccc2Cl)s1. The van der Waals surface area contributed by atoms with Crippen LogP contribution in [0.3, 0.4) is 0 Å². The summed E-state index contributed by atoms with van der Waals surface area (Å²) in [5.74, 6) is -0.130. The highest BCUT2D eigenvalue weighted by Crippen LogP contribution is 2.31. The lowest BCUT2D eigenvalue weighted by atomic mass is 10.1. The Balaban J connectivity index is 1.68. The molecule has 23 heavy (non-hydrogen) atoms. The smallest absolute Gasteiger partial charge is 0.230 e. The molecule has 0 aliphatic rings. The third-order valence-electron chi connectivity index (χ3n) is 3.05. The number of anilines is 1. The molecular weight excluding hydrogens is 398 g/mol. The molecule has 0 saturated carbocycles. The second-order valence-electron chi connectivity index (χ2n) is 4.74. The monoisotopic (exact) mass is 407 g/mol. The molecule has 1 heterocycles. The number of amides is 1. The Bertz CT molecular complexity index is 835. The average Bonchev–Trinajstić information content (AvgIpc) is 2.98. The summed E-state index contributed by atoms with van der Waals surface area (Å²) in [5.41, 5.74) is 1.74. The van der Waals surface area contributed by atoms with Gasteiger partial charge in [-0.15, -0.1) is 10.2 Å². The molecule has 0 aliphatic heterocycles. The van der Waals surface area contributed by atoms with Crippen LogP contribution in [0.15, 0.2) is 53.0 Å². The van der Waals surface area contributed by atoms with Gasteiger partial charge in [-0.05, 0) is 23.8 Å². The van der Waals surface area contributed by atoms with Crippen molar-refractivity contribution in [1.29, 1.82) is 0 Å². The van der Waals surface area contributed by atoms with Gasteiger partial charge >= 0.3 is 0 Å². The van der Waals surface area contributed by atoms with Crippen molar-refractivity contribution in [3.63, 3.8) is 0 Å². The van der Waals surface area contributed by atoms with Gasteiger partial charge in [0.05, 0.1) is 11.4 Å². The molecule has 0 bridgehead atoms. The van der Waals surface area contributed by atoms with E-state index in [1.165, 1.54) is 11.3 Å². The summed E-state index contributed by atoms with van der Waals surface area (Å²) in [7, 11) is 0. The molecule has 116 valence electrons. The molecule has 3 aromatic rings. The van der Waals surface area contributed by atoms with Crippen LogP contribution in [0.4, 0.5) is 5.13 Å². The van der Waals surface area contributed by atoms with Gasteiger partial charge in [0.2, 0.25) is 11.0 Å². The number of halogens is 2. The van der Waals surface area contributed by atoms with Crippen LogP contribution in [0.1, 0.15) is 5.56 Å². The topological polar surface area (TPSA) is 54.9 Å². The number of carbonyl (C=O) groups excluding carboxylic acids is 1. The van der Waals surface area contributed by atoms with E-state index >= 15 is 0 Å². The lowest BCUT2D eigenvalue weighted by molar-refractivity contribution is -0.115. The number of aromatic nitrogens is 2. The number of carbonyl (C=O) groups is 1. The molecule has 4 nitrogen and oxygen atoms in total. The molecule has 0 fully saturated rings. The molecule has 0 atom stereocenters. The number of benzene rings is 2. The first-order valence-electron chi connectivity index (χ1n) is 6.74. The van der Waals surface area contributed by atoms with Gasteiger partial charge < -0.3 is 5.32 Å². The minimum Gasteiger partial charge on any atom is -0.300 e. The highest BCUT2D eigenvalue weighted by atomic mass is 79.9. The van der Waals surface area contributed by atoms with Crippen molar-refractivity contribution >= 4 is 49.9 Å². The van der Waals surface area contributed by atoms with Gasteiger partial charge in [0.25, 0.3) is 0 Å². The number of nitrogens with one attached hydrogen (secondary N) is 1. The van der Waals surface area contributed by atoms with E-state index in [4.69, 9.17) is 11.6 Å². The summed E-state index contributed by atoms with van der Waals surface area (Å²) < 4.78 is 0.982. The van der Waals surface area contributed by atoms with E-state index in [0.717, 1.165) is 15.6 Å². The van der Waals surface area contributed by atoms with E-state index in [0.29, 0.717) is 15.2 Å². The maximum absolute atomic E-state index is 12.1. The number of rotatable bonds is 4. The van der Waals surface area contributed by atoms with Crippen LogP contribution in [0, 0.1) is 0 Å². The van der Waals surface area contributed by atoms with Crippen LogP contribution in [0.2, 0.25) is 5.02 Å². The van der Waals surface area contributed by atoms with E-state index in [2.05, 4.69) is 31.4 Å². The van der Waals surface area contributed by atoms with Crippen LogP contribution < -0.4 is 5.32 Å². The average molecular weight is 409 g/mol. The fourth-order valence-corrected chi connectivity index (χ4v) is 3.31. The molecule has 7 heteroatoms. The largest absolute Gasteiger partial charge is 0.300 e. The second-order valence-corrected chi connectivity index (χ2v) is 7.04. The highest BCUT2D eigenvalue weighted by Gasteiger charge is 2.12. The second kappa shape index (κ2) is 7.21. The molecular formula is C16H11BrClN3OS.